The topological polar surface area (TPSA) is 51.8 Å². The van der Waals surface area contributed by atoms with E-state index in [1.54, 1.807) is 0 Å². The van der Waals surface area contributed by atoms with E-state index >= 15 is 0 Å². The van der Waals surface area contributed by atoms with Gasteiger partial charge in [-0.2, -0.15) is 13.2 Å². The number of alkyl halides is 3. The Morgan fingerprint density at radius 2 is 2.07 bits per heavy atom. The zero-order chi connectivity index (χ0) is 11.2. The fourth-order valence-electron chi connectivity index (χ4n) is 1.49. The number of rotatable bonds is 1. The SMILES string of the molecule is CC1CC1c1ncc(C(F)(F)F)c(N)n1. The maximum absolute atomic E-state index is 12.3. The minimum Gasteiger partial charge on any atom is -0.383 e. The van der Waals surface area contributed by atoms with Crippen LogP contribution in [0.25, 0.3) is 0 Å². The lowest BCUT2D eigenvalue weighted by Gasteiger charge is -2.09. The molecule has 1 saturated carbocycles. The van der Waals surface area contributed by atoms with E-state index in [-0.39, 0.29) is 5.92 Å². The monoisotopic (exact) mass is 217 g/mol. The largest absolute Gasteiger partial charge is 0.421 e. The third-order valence-electron chi connectivity index (χ3n) is 2.58. The Balaban J connectivity index is 2.31. The van der Waals surface area contributed by atoms with Gasteiger partial charge in [0.05, 0.1) is 0 Å². The number of hydrogen-bond donors (Lipinski definition) is 1. The predicted molar refractivity (Wildman–Crippen MR) is 48.0 cm³/mol. The lowest BCUT2D eigenvalue weighted by molar-refractivity contribution is -0.137. The summed E-state index contributed by atoms with van der Waals surface area (Å²) in [4.78, 5) is 7.41. The third kappa shape index (κ3) is 1.88. The van der Waals surface area contributed by atoms with Crippen molar-refractivity contribution in [2.45, 2.75) is 25.4 Å². The molecule has 0 aromatic carbocycles. The van der Waals surface area contributed by atoms with E-state index in [4.69, 9.17) is 5.73 Å². The van der Waals surface area contributed by atoms with Crippen LogP contribution in [-0.4, -0.2) is 9.97 Å². The number of nitrogens with zero attached hydrogens (tertiary/aromatic N) is 2. The summed E-state index contributed by atoms with van der Waals surface area (Å²) >= 11 is 0. The van der Waals surface area contributed by atoms with Gasteiger partial charge in [-0.1, -0.05) is 6.92 Å². The molecule has 3 nitrogen and oxygen atoms in total. The molecule has 2 N–H and O–H groups in total. The minimum atomic E-state index is -4.47. The van der Waals surface area contributed by atoms with Gasteiger partial charge in [-0.05, 0) is 12.3 Å². The van der Waals surface area contributed by atoms with Crippen molar-refractivity contribution in [3.8, 4) is 0 Å². The molecule has 0 aliphatic heterocycles. The zero-order valence-corrected chi connectivity index (χ0v) is 8.04. The number of aromatic nitrogens is 2. The van der Waals surface area contributed by atoms with Gasteiger partial charge in [0.1, 0.15) is 17.2 Å². The first-order valence-corrected chi connectivity index (χ1v) is 4.59. The molecule has 1 aromatic rings. The predicted octanol–water partition coefficient (Wildman–Crippen LogP) is 2.20. The molecule has 2 rings (SSSR count). The van der Waals surface area contributed by atoms with E-state index in [1.165, 1.54) is 0 Å². The minimum absolute atomic E-state index is 0.176. The molecule has 1 aliphatic rings. The average Bonchev–Trinajstić information content (AvgIpc) is 2.80. The number of anilines is 1. The molecule has 0 amide bonds. The molecular formula is C9H10F3N3. The summed E-state index contributed by atoms with van der Waals surface area (Å²) < 4.78 is 36.9. The first kappa shape index (κ1) is 10.2. The van der Waals surface area contributed by atoms with Gasteiger partial charge in [-0.25, -0.2) is 9.97 Å². The van der Waals surface area contributed by atoms with Crippen molar-refractivity contribution in [2.24, 2.45) is 5.92 Å². The van der Waals surface area contributed by atoms with Crippen LogP contribution in [0.3, 0.4) is 0 Å². The van der Waals surface area contributed by atoms with Crippen LogP contribution in [0.4, 0.5) is 19.0 Å². The molecule has 1 aromatic heterocycles. The average molecular weight is 217 g/mol. The third-order valence-corrected chi connectivity index (χ3v) is 2.58. The second-order valence-corrected chi connectivity index (χ2v) is 3.84. The van der Waals surface area contributed by atoms with E-state index < -0.39 is 17.6 Å². The standard InChI is InChI=1S/C9H10F3N3/c1-4-2-5(4)8-14-3-6(7(13)15-8)9(10,11)12/h3-5H,2H2,1H3,(H2,13,14,15). The van der Waals surface area contributed by atoms with Crippen molar-refractivity contribution in [2.75, 3.05) is 5.73 Å². The highest BCUT2D eigenvalue weighted by molar-refractivity contribution is 5.40. The molecule has 1 aliphatic carbocycles. The Kier molecular flexibility index (Phi) is 2.09. The highest BCUT2D eigenvalue weighted by Gasteiger charge is 2.39. The van der Waals surface area contributed by atoms with Gasteiger partial charge >= 0.3 is 6.18 Å². The molecule has 82 valence electrons. The number of nitrogen functional groups attached to an aromatic ring is 1. The molecule has 15 heavy (non-hydrogen) atoms. The number of nitrogens with two attached hydrogens (primary N) is 1. The summed E-state index contributed by atoms with van der Waals surface area (Å²) in [5.41, 5.74) is 4.29. The maximum Gasteiger partial charge on any atom is 0.421 e. The Morgan fingerprint density at radius 1 is 1.47 bits per heavy atom. The van der Waals surface area contributed by atoms with Crippen molar-refractivity contribution in [3.63, 3.8) is 0 Å². The summed E-state index contributed by atoms with van der Waals surface area (Å²) in [6.07, 6.45) is -2.79. The van der Waals surface area contributed by atoms with E-state index in [1.807, 2.05) is 6.92 Å². The van der Waals surface area contributed by atoms with Crippen LogP contribution in [0.5, 0.6) is 0 Å². The highest BCUT2D eigenvalue weighted by atomic mass is 19.4. The van der Waals surface area contributed by atoms with Gasteiger partial charge in [0.15, 0.2) is 0 Å². The van der Waals surface area contributed by atoms with Crippen molar-refractivity contribution in [1.82, 2.24) is 9.97 Å². The molecule has 0 radical (unpaired) electrons. The molecule has 0 saturated heterocycles. The lowest BCUT2D eigenvalue weighted by Crippen LogP contribution is -2.12. The van der Waals surface area contributed by atoms with Crippen LogP contribution >= 0.6 is 0 Å². The Morgan fingerprint density at radius 3 is 2.47 bits per heavy atom. The molecule has 2 unspecified atom stereocenters. The van der Waals surface area contributed by atoms with Gasteiger partial charge in [0.2, 0.25) is 0 Å². The van der Waals surface area contributed by atoms with Crippen LogP contribution < -0.4 is 5.73 Å². The van der Waals surface area contributed by atoms with Crippen LogP contribution in [0, 0.1) is 5.92 Å². The Bertz CT molecular complexity index is 389. The second-order valence-electron chi connectivity index (χ2n) is 3.84. The molecule has 6 heteroatoms. The van der Waals surface area contributed by atoms with Gasteiger partial charge in [-0.15, -0.1) is 0 Å². The van der Waals surface area contributed by atoms with Crippen molar-refractivity contribution < 1.29 is 13.2 Å². The van der Waals surface area contributed by atoms with E-state index in [2.05, 4.69) is 9.97 Å². The normalized spacial score (nSPS) is 25.3. The van der Waals surface area contributed by atoms with Gasteiger partial charge in [-0.3, -0.25) is 0 Å². The summed E-state index contributed by atoms with van der Waals surface area (Å²) in [5.74, 6) is 0.565. The Labute approximate surface area is 84.5 Å². The Hall–Kier alpha value is -1.33. The van der Waals surface area contributed by atoms with Gasteiger partial charge < -0.3 is 5.73 Å². The molecule has 1 fully saturated rings. The van der Waals surface area contributed by atoms with Crippen LogP contribution in [0.15, 0.2) is 6.20 Å². The molecular weight excluding hydrogens is 207 g/mol. The van der Waals surface area contributed by atoms with E-state index in [9.17, 15) is 13.2 Å². The second kappa shape index (κ2) is 3.08. The molecule has 2 atom stereocenters. The van der Waals surface area contributed by atoms with Crippen molar-refractivity contribution >= 4 is 5.82 Å². The van der Waals surface area contributed by atoms with Crippen LogP contribution in [0.1, 0.15) is 30.7 Å². The quantitative estimate of drug-likeness (QED) is 0.784. The summed E-state index contributed by atoms with van der Waals surface area (Å²) in [5, 5.41) is 0. The fraction of sp³-hybridized carbons (Fsp3) is 0.556. The van der Waals surface area contributed by atoms with Crippen LogP contribution in [0.2, 0.25) is 0 Å². The summed E-state index contributed by atoms with van der Waals surface area (Å²) in [7, 11) is 0. The first-order chi connectivity index (χ1) is 6.89. The molecule has 0 spiro atoms. The van der Waals surface area contributed by atoms with E-state index in [0.717, 1.165) is 12.6 Å². The number of halogens is 3. The van der Waals surface area contributed by atoms with Crippen molar-refractivity contribution in [1.29, 1.82) is 0 Å². The molecule has 0 bridgehead atoms. The lowest BCUT2D eigenvalue weighted by atomic mass is 10.2. The first-order valence-electron chi connectivity index (χ1n) is 4.59. The number of hydrogen-bond acceptors (Lipinski definition) is 3. The molecule has 1 heterocycles. The summed E-state index contributed by atoms with van der Waals surface area (Å²) in [6, 6.07) is 0. The van der Waals surface area contributed by atoms with E-state index in [0.29, 0.717) is 11.7 Å². The van der Waals surface area contributed by atoms with Crippen LogP contribution in [-0.2, 0) is 6.18 Å². The highest BCUT2D eigenvalue weighted by Crippen LogP contribution is 2.45. The smallest absolute Gasteiger partial charge is 0.383 e. The fourth-order valence-corrected chi connectivity index (χ4v) is 1.49. The summed E-state index contributed by atoms with van der Waals surface area (Å²) in [6.45, 7) is 2.00. The zero-order valence-electron chi connectivity index (χ0n) is 8.04. The van der Waals surface area contributed by atoms with Gasteiger partial charge in [0, 0.05) is 12.1 Å². The van der Waals surface area contributed by atoms with Gasteiger partial charge in [0.25, 0.3) is 0 Å². The maximum atomic E-state index is 12.3. The van der Waals surface area contributed by atoms with Crippen molar-refractivity contribution in [3.05, 3.63) is 17.6 Å².